The number of aliphatic imine (C=N–C) groups is 1. The smallest absolute Gasteiger partial charge is 0.311 e. The van der Waals surface area contributed by atoms with Crippen molar-refractivity contribution in [2.75, 3.05) is 13.2 Å². The molecule has 4 heteroatoms. The number of hydrogen-bond acceptors (Lipinski definition) is 4. The summed E-state index contributed by atoms with van der Waals surface area (Å²) in [6.07, 6.45) is 1.36. The van der Waals surface area contributed by atoms with E-state index in [4.69, 9.17) is 4.74 Å². The Labute approximate surface area is 71.6 Å². The van der Waals surface area contributed by atoms with Crippen LogP contribution in [0.3, 0.4) is 0 Å². The third kappa shape index (κ3) is 4.63. The second-order valence-corrected chi connectivity index (χ2v) is 3.36. The molecule has 0 N–H and O–H groups in total. The van der Waals surface area contributed by atoms with E-state index in [0.29, 0.717) is 0 Å². The zero-order valence-electron chi connectivity index (χ0n) is 7.59. The van der Waals surface area contributed by atoms with Gasteiger partial charge in [0.15, 0.2) is 0 Å². The standard InChI is InChI=1S/C8H13NO3/c1-8(2,3)7(11)12-5-4-9-6-10/h4-5H2,1-3H3. The van der Waals surface area contributed by atoms with E-state index in [0.717, 1.165) is 0 Å². The summed E-state index contributed by atoms with van der Waals surface area (Å²) in [5, 5.41) is 0. The topological polar surface area (TPSA) is 55.7 Å². The lowest BCUT2D eigenvalue weighted by Gasteiger charge is -2.15. The zero-order valence-corrected chi connectivity index (χ0v) is 7.59. The van der Waals surface area contributed by atoms with Crippen LogP contribution in [-0.2, 0) is 14.3 Å². The minimum atomic E-state index is -0.495. The van der Waals surface area contributed by atoms with Gasteiger partial charge in [-0.3, -0.25) is 4.79 Å². The highest BCUT2D eigenvalue weighted by atomic mass is 16.5. The third-order valence-corrected chi connectivity index (χ3v) is 1.11. The van der Waals surface area contributed by atoms with Crippen molar-refractivity contribution in [3.05, 3.63) is 0 Å². The first-order chi connectivity index (χ1) is 5.48. The molecule has 0 aromatic carbocycles. The van der Waals surface area contributed by atoms with Gasteiger partial charge in [0, 0.05) is 0 Å². The normalized spacial score (nSPS) is 10.2. The molecular weight excluding hydrogens is 158 g/mol. The molecule has 0 aromatic rings. The molecule has 4 nitrogen and oxygen atoms in total. The van der Waals surface area contributed by atoms with Gasteiger partial charge in [-0.05, 0) is 20.8 Å². The Morgan fingerprint density at radius 2 is 2.08 bits per heavy atom. The van der Waals surface area contributed by atoms with Crippen molar-refractivity contribution in [1.29, 1.82) is 0 Å². The first-order valence-corrected chi connectivity index (χ1v) is 3.69. The van der Waals surface area contributed by atoms with E-state index in [-0.39, 0.29) is 19.1 Å². The summed E-state index contributed by atoms with van der Waals surface area (Å²) in [7, 11) is 0. The van der Waals surface area contributed by atoms with Crippen LogP contribution in [0.1, 0.15) is 20.8 Å². The fourth-order valence-electron chi connectivity index (χ4n) is 0.446. The maximum absolute atomic E-state index is 11.1. The fourth-order valence-corrected chi connectivity index (χ4v) is 0.446. The molecule has 0 unspecified atom stereocenters. The van der Waals surface area contributed by atoms with Gasteiger partial charge in [-0.1, -0.05) is 0 Å². The van der Waals surface area contributed by atoms with Gasteiger partial charge in [0.2, 0.25) is 6.08 Å². The highest BCUT2D eigenvalue weighted by molar-refractivity contribution is 5.75. The molecule has 0 bridgehead atoms. The van der Waals surface area contributed by atoms with Gasteiger partial charge in [0.1, 0.15) is 6.61 Å². The Morgan fingerprint density at radius 3 is 2.50 bits per heavy atom. The molecule has 0 heterocycles. The van der Waals surface area contributed by atoms with E-state index >= 15 is 0 Å². The summed E-state index contributed by atoms with van der Waals surface area (Å²) in [5.41, 5.74) is -0.495. The maximum atomic E-state index is 11.1. The Kier molecular flexibility index (Phi) is 4.22. The van der Waals surface area contributed by atoms with Crippen LogP contribution >= 0.6 is 0 Å². The molecule has 0 saturated carbocycles. The van der Waals surface area contributed by atoms with E-state index in [1.165, 1.54) is 6.08 Å². The molecule has 0 rings (SSSR count). The largest absolute Gasteiger partial charge is 0.463 e. The van der Waals surface area contributed by atoms with Gasteiger partial charge in [-0.15, -0.1) is 0 Å². The van der Waals surface area contributed by atoms with Crippen molar-refractivity contribution in [1.82, 2.24) is 0 Å². The summed E-state index contributed by atoms with van der Waals surface area (Å²) in [6, 6.07) is 0. The van der Waals surface area contributed by atoms with Crippen LogP contribution in [0.5, 0.6) is 0 Å². The van der Waals surface area contributed by atoms with Crippen LogP contribution in [0.4, 0.5) is 0 Å². The molecule has 0 spiro atoms. The van der Waals surface area contributed by atoms with Gasteiger partial charge < -0.3 is 4.74 Å². The average Bonchev–Trinajstić information content (AvgIpc) is 1.96. The van der Waals surface area contributed by atoms with Crippen molar-refractivity contribution >= 4 is 12.0 Å². The van der Waals surface area contributed by atoms with E-state index in [2.05, 4.69) is 4.99 Å². The SMILES string of the molecule is CC(C)(C)C(=O)OCCN=C=O. The lowest BCUT2D eigenvalue weighted by atomic mass is 9.97. The minimum absolute atomic E-state index is 0.144. The predicted octanol–water partition coefficient (Wildman–Crippen LogP) is 0.911. The van der Waals surface area contributed by atoms with Crippen molar-refractivity contribution in [2.24, 2.45) is 10.4 Å². The molecule has 0 aliphatic rings. The number of carbonyl (C=O) groups is 1. The van der Waals surface area contributed by atoms with Crippen LogP contribution < -0.4 is 0 Å². The molecule has 12 heavy (non-hydrogen) atoms. The van der Waals surface area contributed by atoms with E-state index in [1.807, 2.05) is 0 Å². The lowest BCUT2D eigenvalue weighted by Crippen LogP contribution is -2.23. The first-order valence-electron chi connectivity index (χ1n) is 3.69. The molecule has 0 fully saturated rings. The Hall–Kier alpha value is -1.15. The van der Waals surface area contributed by atoms with E-state index < -0.39 is 5.41 Å². The first kappa shape index (κ1) is 10.8. The third-order valence-electron chi connectivity index (χ3n) is 1.11. The second kappa shape index (κ2) is 4.67. The zero-order chi connectivity index (χ0) is 9.61. The number of rotatable bonds is 3. The van der Waals surface area contributed by atoms with Gasteiger partial charge >= 0.3 is 5.97 Å². The highest BCUT2D eigenvalue weighted by Crippen LogP contribution is 2.14. The lowest BCUT2D eigenvalue weighted by molar-refractivity contribution is -0.152. The Balaban J connectivity index is 3.65. The summed E-state index contributed by atoms with van der Waals surface area (Å²) < 4.78 is 4.80. The molecule has 68 valence electrons. The van der Waals surface area contributed by atoms with Crippen molar-refractivity contribution in [2.45, 2.75) is 20.8 Å². The molecule has 0 radical (unpaired) electrons. The van der Waals surface area contributed by atoms with Crippen LogP contribution in [-0.4, -0.2) is 25.2 Å². The van der Waals surface area contributed by atoms with Gasteiger partial charge in [-0.25, -0.2) is 9.79 Å². The number of esters is 1. The monoisotopic (exact) mass is 171 g/mol. The minimum Gasteiger partial charge on any atom is -0.463 e. The average molecular weight is 171 g/mol. The number of nitrogens with zero attached hydrogens (tertiary/aromatic N) is 1. The molecule has 0 aliphatic carbocycles. The number of isocyanates is 1. The number of ether oxygens (including phenoxy) is 1. The van der Waals surface area contributed by atoms with Crippen molar-refractivity contribution in [3.8, 4) is 0 Å². The molecule has 0 aliphatic heterocycles. The van der Waals surface area contributed by atoms with Crippen LogP contribution in [0.2, 0.25) is 0 Å². The summed E-state index contributed by atoms with van der Waals surface area (Å²) in [4.78, 5) is 23.9. The maximum Gasteiger partial charge on any atom is 0.311 e. The van der Waals surface area contributed by atoms with E-state index in [9.17, 15) is 9.59 Å². The highest BCUT2D eigenvalue weighted by Gasteiger charge is 2.22. The quantitative estimate of drug-likeness (QED) is 0.274. The van der Waals surface area contributed by atoms with Gasteiger partial charge in [0.25, 0.3) is 0 Å². The molecule has 0 amide bonds. The van der Waals surface area contributed by atoms with Crippen molar-refractivity contribution < 1.29 is 14.3 Å². The summed E-state index contributed by atoms with van der Waals surface area (Å²) >= 11 is 0. The number of hydrogen-bond donors (Lipinski definition) is 0. The Bertz CT molecular complexity index is 199. The van der Waals surface area contributed by atoms with Crippen LogP contribution in [0, 0.1) is 5.41 Å². The van der Waals surface area contributed by atoms with Crippen LogP contribution in [0.15, 0.2) is 4.99 Å². The predicted molar refractivity (Wildman–Crippen MR) is 43.4 cm³/mol. The van der Waals surface area contributed by atoms with Crippen LogP contribution in [0.25, 0.3) is 0 Å². The van der Waals surface area contributed by atoms with E-state index in [1.54, 1.807) is 20.8 Å². The number of carbonyl (C=O) groups excluding carboxylic acids is 2. The fraction of sp³-hybridized carbons (Fsp3) is 0.750. The summed E-state index contributed by atoms with van der Waals surface area (Å²) in [5.74, 6) is -0.288. The molecular formula is C8H13NO3. The molecule has 0 saturated heterocycles. The van der Waals surface area contributed by atoms with Gasteiger partial charge in [-0.2, -0.15) is 0 Å². The van der Waals surface area contributed by atoms with Crippen molar-refractivity contribution in [3.63, 3.8) is 0 Å². The van der Waals surface area contributed by atoms with Gasteiger partial charge in [0.05, 0.1) is 12.0 Å². The Morgan fingerprint density at radius 1 is 1.50 bits per heavy atom. The second-order valence-electron chi connectivity index (χ2n) is 3.36. The summed E-state index contributed by atoms with van der Waals surface area (Å²) in [6.45, 7) is 5.62. The molecule has 0 aromatic heterocycles. The molecule has 0 atom stereocenters.